The Morgan fingerprint density at radius 3 is 2.29 bits per heavy atom. The summed E-state index contributed by atoms with van der Waals surface area (Å²) in [6.07, 6.45) is 0.781. The number of nitrogens with one attached hydrogen (secondary N) is 2. The lowest BCUT2D eigenvalue weighted by atomic mass is 10.2. The molecule has 7 heteroatoms. The molecule has 6 nitrogen and oxygen atoms in total. The molecule has 1 aromatic carbocycles. The molecule has 0 aliphatic carbocycles. The number of ether oxygens (including phenoxy) is 1. The summed E-state index contributed by atoms with van der Waals surface area (Å²) in [6.45, 7) is 5.32. The highest BCUT2D eigenvalue weighted by Gasteiger charge is 2.22. The van der Waals surface area contributed by atoms with Gasteiger partial charge in [-0.1, -0.05) is 6.92 Å². The zero-order valence-electron chi connectivity index (χ0n) is 12.7. The van der Waals surface area contributed by atoms with Crippen LogP contribution in [0.3, 0.4) is 0 Å². The second-order valence-electron chi connectivity index (χ2n) is 4.84. The molecule has 118 valence electrons. The summed E-state index contributed by atoms with van der Waals surface area (Å²) < 4.78 is 31.7. The third kappa shape index (κ3) is 5.02. The van der Waals surface area contributed by atoms with Crippen molar-refractivity contribution in [3.8, 4) is 5.75 Å². The van der Waals surface area contributed by atoms with Gasteiger partial charge in [-0.3, -0.25) is 4.79 Å². The predicted octanol–water partition coefficient (Wildman–Crippen LogP) is 1.28. The van der Waals surface area contributed by atoms with Gasteiger partial charge in [0.1, 0.15) is 5.75 Å². The van der Waals surface area contributed by atoms with Gasteiger partial charge >= 0.3 is 0 Å². The van der Waals surface area contributed by atoms with Gasteiger partial charge in [-0.05, 0) is 44.5 Å². The van der Waals surface area contributed by atoms with E-state index in [4.69, 9.17) is 4.74 Å². The average molecular weight is 314 g/mol. The van der Waals surface area contributed by atoms with E-state index in [1.165, 1.54) is 26.2 Å². The zero-order chi connectivity index (χ0) is 16.0. The van der Waals surface area contributed by atoms with Crippen LogP contribution >= 0.6 is 0 Å². The molecule has 0 aromatic heterocycles. The Bertz CT molecular complexity index is 569. The summed E-state index contributed by atoms with van der Waals surface area (Å²) >= 11 is 0. The Kier molecular flexibility index (Phi) is 6.17. The van der Waals surface area contributed by atoms with Gasteiger partial charge in [0.2, 0.25) is 15.9 Å². The van der Waals surface area contributed by atoms with E-state index in [9.17, 15) is 13.2 Å². The maximum absolute atomic E-state index is 12.2. The standard InChI is InChI=1S/C14H22N2O4S/c1-5-10(2)15-14(17)11(3)16-21(18,19)13-8-6-12(20-4)7-9-13/h6-11,16H,5H2,1-4H3,(H,15,17)/t10-,11+/m0/s1. The molecule has 0 saturated carbocycles. The third-order valence-electron chi connectivity index (χ3n) is 3.10. The minimum atomic E-state index is -3.74. The Morgan fingerprint density at radius 1 is 1.24 bits per heavy atom. The zero-order valence-corrected chi connectivity index (χ0v) is 13.5. The smallest absolute Gasteiger partial charge is 0.241 e. The van der Waals surface area contributed by atoms with E-state index >= 15 is 0 Å². The number of benzene rings is 1. The SMILES string of the molecule is CC[C@H](C)NC(=O)[C@@H](C)NS(=O)(=O)c1ccc(OC)cc1. The first-order chi connectivity index (χ1) is 9.80. The van der Waals surface area contributed by atoms with Gasteiger partial charge in [0.15, 0.2) is 0 Å². The molecular formula is C14H22N2O4S. The lowest BCUT2D eigenvalue weighted by molar-refractivity contribution is -0.122. The molecule has 21 heavy (non-hydrogen) atoms. The largest absolute Gasteiger partial charge is 0.497 e. The van der Waals surface area contributed by atoms with Crippen molar-refractivity contribution in [3.05, 3.63) is 24.3 Å². The van der Waals surface area contributed by atoms with Gasteiger partial charge in [0.25, 0.3) is 0 Å². The van der Waals surface area contributed by atoms with Crippen LogP contribution in [0, 0.1) is 0 Å². The summed E-state index contributed by atoms with van der Waals surface area (Å²) in [4.78, 5) is 12.0. The number of amides is 1. The molecule has 0 fully saturated rings. The normalized spacial score (nSPS) is 14.3. The van der Waals surface area contributed by atoms with Crippen LogP contribution in [0.15, 0.2) is 29.2 Å². The van der Waals surface area contributed by atoms with E-state index in [2.05, 4.69) is 10.0 Å². The van der Waals surface area contributed by atoms with Crippen molar-refractivity contribution in [2.24, 2.45) is 0 Å². The molecule has 0 heterocycles. The third-order valence-corrected chi connectivity index (χ3v) is 4.65. The molecule has 0 spiro atoms. The van der Waals surface area contributed by atoms with E-state index in [0.29, 0.717) is 5.75 Å². The van der Waals surface area contributed by atoms with E-state index in [1.54, 1.807) is 12.1 Å². The van der Waals surface area contributed by atoms with Crippen LogP contribution in [0.5, 0.6) is 5.75 Å². The molecule has 1 aromatic rings. The number of carbonyl (C=O) groups is 1. The summed E-state index contributed by atoms with van der Waals surface area (Å²) in [5.74, 6) is 0.220. The average Bonchev–Trinajstić information content (AvgIpc) is 2.46. The molecule has 0 saturated heterocycles. The van der Waals surface area contributed by atoms with E-state index in [0.717, 1.165) is 6.42 Å². The van der Waals surface area contributed by atoms with Crippen molar-refractivity contribution in [3.63, 3.8) is 0 Å². The second kappa shape index (κ2) is 7.42. The molecule has 0 radical (unpaired) electrons. The van der Waals surface area contributed by atoms with E-state index in [1.807, 2.05) is 13.8 Å². The number of rotatable bonds is 7. The van der Waals surface area contributed by atoms with Crippen molar-refractivity contribution in [1.29, 1.82) is 0 Å². The van der Waals surface area contributed by atoms with Crippen LogP contribution in [-0.4, -0.2) is 33.5 Å². The van der Waals surface area contributed by atoms with Crippen molar-refractivity contribution < 1.29 is 17.9 Å². The first-order valence-electron chi connectivity index (χ1n) is 6.77. The minimum Gasteiger partial charge on any atom is -0.497 e. The molecule has 0 aliphatic rings. The molecule has 0 bridgehead atoms. The molecule has 1 amide bonds. The Hall–Kier alpha value is -1.60. The van der Waals surface area contributed by atoms with Crippen molar-refractivity contribution in [2.45, 2.75) is 44.2 Å². The Morgan fingerprint density at radius 2 is 1.81 bits per heavy atom. The monoisotopic (exact) mass is 314 g/mol. The van der Waals surface area contributed by atoms with Crippen LogP contribution in [-0.2, 0) is 14.8 Å². The lowest BCUT2D eigenvalue weighted by Gasteiger charge is -2.17. The highest BCUT2D eigenvalue weighted by Crippen LogP contribution is 2.15. The van der Waals surface area contributed by atoms with Crippen LogP contribution in [0.2, 0.25) is 0 Å². The van der Waals surface area contributed by atoms with Crippen LogP contribution in [0.1, 0.15) is 27.2 Å². The summed E-state index contributed by atoms with van der Waals surface area (Å²) in [5.41, 5.74) is 0. The number of carbonyl (C=O) groups excluding carboxylic acids is 1. The summed E-state index contributed by atoms with van der Waals surface area (Å²) in [5, 5.41) is 2.74. The van der Waals surface area contributed by atoms with Gasteiger partial charge in [-0.15, -0.1) is 0 Å². The highest BCUT2D eigenvalue weighted by molar-refractivity contribution is 7.89. The summed E-state index contributed by atoms with van der Waals surface area (Å²) in [7, 11) is -2.24. The lowest BCUT2D eigenvalue weighted by Crippen LogP contribution is -2.47. The van der Waals surface area contributed by atoms with Crippen molar-refractivity contribution in [2.75, 3.05) is 7.11 Å². The summed E-state index contributed by atoms with van der Waals surface area (Å²) in [6, 6.07) is 5.13. The van der Waals surface area contributed by atoms with E-state index < -0.39 is 16.1 Å². The number of hydrogen-bond acceptors (Lipinski definition) is 4. The van der Waals surface area contributed by atoms with Gasteiger partial charge in [0, 0.05) is 6.04 Å². The van der Waals surface area contributed by atoms with E-state index in [-0.39, 0.29) is 16.8 Å². The maximum Gasteiger partial charge on any atom is 0.241 e. The Balaban J connectivity index is 2.77. The molecule has 2 atom stereocenters. The molecule has 0 aliphatic heterocycles. The molecule has 1 rings (SSSR count). The van der Waals surface area contributed by atoms with Crippen LogP contribution < -0.4 is 14.8 Å². The van der Waals surface area contributed by atoms with Gasteiger partial charge in [-0.2, -0.15) is 4.72 Å². The first-order valence-corrected chi connectivity index (χ1v) is 8.25. The second-order valence-corrected chi connectivity index (χ2v) is 6.55. The van der Waals surface area contributed by atoms with Crippen LogP contribution in [0.4, 0.5) is 0 Å². The van der Waals surface area contributed by atoms with Crippen LogP contribution in [0.25, 0.3) is 0 Å². The highest BCUT2D eigenvalue weighted by atomic mass is 32.2. The maximum atomic E-state index is 12.2. The molecule has 0 unspecified atom stereocenters. The van der Waals surface area contributed by atoms with Gasteiger partial charge in [0.05, 0.1) is 18.0 Å². The topological polar surface area (TPSA) is 84.5 Å². The fraction of sp³-hybridized carbons (Fsp3) is 0.500. The van der Waals surface area contributed by atoms with Crippen molar-refractivity contribution in [1.82, 2.24) is 10.0 Å². The molecule has 2 N–H and O–H groups in total. The number of sulfonamides is 1. The fourth-order valence-corrected chi connectivity index (χ4v) is 2.78. The quantitative estimate of drug-likeness (QED) is 0.794. The van der Waals surface area contributed by atoms with Crippen molar-refractivity contribution >= 4 is 15.9 Å². The number of methoxy groups -OCH3 is 1. The molecular weight excluding hydrogens is 292 g/mol. The van der Waals surface area contributed by atoms with Gasteiger partial charge < -0.3 is 10.1 Å². The number of hydrogen-bond donors (Lipinski definition) is 2. The minimum absolute atomic E-state index is 0.00504. The first kappa shape index (κ1) is 17.5. The van der Waals surface area contributed by atoms with Gasteiger partial charge in [-0.25, -0.2) is 8.42 Å². The Labute approximate surface area is 125 Å². The fourth-order valence-electron chi connectivity index (χ4n) is 1.58. The predicted molar refractivity (Wildman–Crippen MR) is 80.7 cm³/mol.